The number of hydrogen-bond acceptors (Lipinski definition) is 0. The summed E-state index contributed by atoms with van der Waals surface area (Å²) in [5.41, 5.74) is 4.83. The van der Waals surface area contributed by atoms with Crippen molar-refractivity contribution in [2.24, 2.45) is 10.8 Å². The van der Waals surface area contributed by atoms with Crippen LogP contribution in [-0.4, -0.2) is 4.98 Å². The van der Waals surface area contributed by atoms with Crippen molar-refractivity contribution in [3.05, 3.63) is 85.1 Å². The summed E-state index contributed by atoms with van der Waals surface area (Å²) < 4.78 is 0. The van der Waals surface area contributed by atoms with E-state index in [9.17, 15) is 0 Å². The van der Waals surface area contributed by atoms with E-state index in [0.29, 0.717) is 10.8 Å². The first-order chi connectivity index (χ1) is 15.4. The lowest BCUT2D eigenvalue weighted by molar-refractivity contribution is 0.469. The molecule has 1 heterocycles. The first kappa shape index (κ1) is 32.6. The van der Waals surface area contributed by atoms with E-state index in [1.165, 1.54) is 22.0 Å². The molecule has 1 N–H and O–H groups in total. The van der Waals surface area contributed by atoms with Gasteiger partial charge in [0.15, 0.2) is 0 Å². The normalized spacial score (nSPS) is 9.82. The van der Waals surface area contributed by atoms with Crippen molar-refractivity contribution >= 4 is 10.9 Å². The number of aromatic nitrogens is 1. The van der Waals surface area contributed by atoms with Crippen LogP contribution in [0.5, 0.6) is 0 Å². The van der Waals surface area contributed by atoms with Gasteiger partial charge in [0.2, 0.25) is 0 Å². The van der Waals surface area contributed by atoms with E-state index < -0.39 is 0 Å². The number of fused-ring (bicyclic) bond motifs is 2. The number of aromatic amines is 1. The van der Waals surface area contributed by atoms with E-state index in [4.69, 9.17) is 0 Å². The van der Waals surface area contributed by atoms with E-state index in [-0.39, 0.29) is 0 Å². The van der Waals surface area contributed by atoms with Gasteiger partial charge in [-0.3, -0.25) is 0 Å². The van der Waals surface area contributed by atoms with Crippen LogP contribution in [0.1, 0.15) is 83.1 Å². The van der Waals surface area contributed by atoms with Gasteiger partial charge in [-0.15, -0.1) is 0 Å². The monoisotopic (exact) mass is 449 g/mol. The molecule has 2 aromatic rings. The zero-order chi connectivity index (χ0) is 25.9. The Bertz CT molecular complexity index is 821. The number of H-pyrrole nitrogens is 1. The van der Waals surface area contributed by atoms with Gasteiger partial charge >= 0.3 is 0 Å². The minimum atomic E-state index is 0.500. The Kier molecular flexibility index (Phi) is 17.8. The molecular formula is C32H51N. The maximum absolute atomic E-state index is 3.12. The summed E-state index contributed by atoms with van der Waals surface area (Å²) in [5.74, 6) is 0. The van der Waals surface area contributed by atoms with Crippen molar-refractivity contribution in [3.8, 4) is 11.1 Å². The third kappa shape index (κ3) is 21.1. The first-order valence-electron chi connectivity index (χ1n) is 12.4. The molecule has 0 fully saturated rings. The fourth-order valence-corrected chi connectivity index (χ4v) is 2.13. The zero-order valence-electron chi connectivity index (χ0n) is 23.6. The highest BCUT2D eigenvalue weighted by Crippen LogP contribution is 2.19. The quantitative estimate of drug-likeness (QED) is 0.275. The van der Waals surface area contributed by atoms with Gasteiger partial charge in [-0.05, 0) is 39.5 Å². The minimum absolute atomic E-state index is 0.500. The Morgan fingerprint density at radius 2 is 0.818 bits per heavy atom. The third-order valence-corrected chi connectivity index (χ3v) is 3.12. The molecule has 0 amide bonds. The molecule has 0 bridgehead atoms. The molecule has 2 aliphatic carbocycles. The van der Waals surface area contributed by atoms with Crippen molar-refractivity contribution in [3.63, 3.8) is 0 Å². The van der Waals surface area contributed by atoms with Crippen LogP contribution in [0.15, 0.2) is 85.1 Å². The average Bonchev–Trinajstić information content (AvgIpc) is 3.34. The van der Waals surface area contributed by atoms with Crippen molar-refractivity contribution in [1.29, 1.82) is 0 Å². The molecule has 0 spiro atoms. The van der Waals surface area contributed by atoms with Crippen molar-refractivity contribution in [2.75, 3.05) is 0 Å². The molecule has 0 saturated heterocycles. The van der Waals surface area contributed by atoms with Crippen LogP contribution in [0.3, 0.4) is 0 Å². The molecule has 0 atom stereocenters. The lowest BCUT2D eigenvalue weighted by Gasteiger charge is -2.05. The standard InChI is InChI=1S/C10H8.C8H7N.2C5H12.2C2H6/c1-2-5-9-7-4-8-10(9)6-3-1;1-2-4-8-7(3-1)5-6-9-8;2*1-5(2,3)4;2*1-2/h1-8H;1-6,9H;2*1-4H3;2*1-2H3. The summed E-state index contributed by atoms with van der Waals surface area (Å²) in [7, 11) is 0. The molecule has 2 aliphatic rings. The number of nitrogens with one attached hydrogen (secondary N) is 1. The molecule has 1 aromatic heterocycles. The summed E-state index contributed by atoms with van der Waals surface area (Å²) in [4.78, 5) is 3.12. The van der Waals surface area contributed by atoms with Gasteiger partial charge in [0, 0.05) is 11.7 Å². The predicted molar refractivity (Wildman–Crippen MR) is 154 cm³/mol. The fourth-order valence-electron chi connectivity index (χ4n) is 2.13. The SMILES string of the molecule is CC.CC.CC(C)(C)C.CC(C)(C)C.c1ccc2[nH]ccc2c1.c1ccc2cccc-2cc1. The van der Waals surface area contributed by atoms with Gasteiger partial charge in [0.25, 0.3) is 0 Å². The molecular weight excluding hydrogens is 398 g/mol. The number of rotatable bonds is 0. The van der Waals surface area contributed by atoms with Gasteiger partial charge in [0.1, 0.15) is 0 Å². The Balaban J connectivity index is 0. The second-order valence-electron chi connectivity index (χ2n) is 10.4. The maximum atomic E-state index is 3.12. The fraction of sp³-hybridized carbons (Fsp3) is 0.438. The molecule has 0 saturated carbocycles. The second-order valence-corrected chi connectivity index (χ2v) is 10.4. The van der Waals surface area contributed by atoms with Crippen LogP contribution >= 0.6 is 0 Å². The smallest absolute Gasteiger partial charge is 0.0453 e. The summed E-state index contributed by atoms with van der Waals surface area (Å²) in [6, 6.07) is 27.0. The van der Waals surface area contributed by atoms with Crippen LogP contribution in [0.4, 0.5) is 0 Å². The third-order valence-electron chi connectivity index (χ3n) is 3.12. The number of para-hydroxylation sites is 1. The van der Waals surface area contributed by atoms with Crippen LogP contribution in [-0.2, 0) is 0 Å². The second kappa shape index (κ2) is 18.0. The topological polar surface area (TPSA) is 15.8 Å². The molecule has 184 valence electrons. The summed E-state index contributed by atoms with van der Waals surface area (Å²) in [6.45, 7) is 25.5. The molecule has 1 aromatic carbocycles. The highest BCUT2D eigenvalue weighted by molar-refractivity contribution is 5.78. The predicted octanol–water partition coefficient (Wildman–Crippen LogP) is 11.1. The molecule has 1 nitrogen and oxygen atoms in total. The lowest BCUT2D eigenvalue weighted by Crippen LogP contribution is -1.93. The highest BCUT2D eigenvalue weighted by atomic mass is 14.7. The zero-order valence-corrected chi connectivity index (χ0v) is 23.6. The van der Waals surface area contributed by atoms with Gasteiger partial charge < -0.3 is 4.98 Å². The van der Waals surface area contributed by atoms with Crippen molar-refractivity contribution < 1.29 is 0 Å². The van der Waals surface area contributed by atoms with Crippen LogP contribution < -0.4 is 0 Å². The molecule has 33 heavy (non-hydrogen) atoms. The highest BCUT2D eigenvalue weighted by Gasteiger charge is 1.96. The van der Waals surface area contributed by atoms with Crippen molar-refractivity contribution in [2.45, 2.75) is 83.1 Å². The Labute approximate surface area is 206 Å². The van der Waals surface area contributed by atoms with E-state index in [0.717, 1.165) is 0 Å². The van der Waals surface area contributed by atoms with Gasteiger partial charge in [0.05, 0.1) is 0 Å². The van der Waals surface area contributed by atoms with Gasteiger partial charge in [-0.25, -0.2) is 0 Å². The Morgan fingerprint density at radius 1 is 0.455 bits per heavy atom. The van der Waals surface area contributed by atoms with Crippen LogP contribution in [0.2, 0.25) is 0 Å². The van der Waals surface area contributed by atoms with E-state index in [1.807, 2.05) is 52.1 Å². The lowest BCUT2D eigenvalue weighted by atomic mass is 10.0. The van der Waals surface area contributed by atoms with Crippen LogP contribution in [0, 0.1) is 10.8 Å². The van der Waals surface area contributed by atoms with E-state index in [2.05, 4.69) is 121 Å². The van der Waals surface area contributed by atoms with Crippen molar-refractivity contribution in [1.82, 2.24) is 4.98 Å². The molecule has 4 rings (SSSR count). The largest absolute Gasteiger partial charge is 0.361 e. The Hall–Kier alpha value is -2.54. The molecule has 1 heteroatoms. The van der Waals surface area contributed by atoms with Gasteiger partial charge in [-0.2, -0.15) is 0 Å². The minimum Gasteiger partial charge on any atom is -0.361 e. The molecule has 0 unspecified atom stereocenters. The van der Waals surface area contributed by atoms with Gasteiger partial charge in [-0.1, -0.05) is 150 Å². The van der Waals surface area contributed by atoms with E-state index in [1.54, 1.807) is 0 Å². The van der Waals surface area contributed by atoms with E-state index >= 15 is 0 Å². The Morgan fingerprint density at radius 3 is 1.24 bits per heavy atom. The summed E-state index contributed by atoms with van der Waals surface area (Å²) in [6.07, 6.45) is 1.95. The maximum Gasteiger partial charge on any atom is 0.0453 e. The molecule has 0 aliphatic heterocycles. The summed E-state index contributed by atoms with van der Waals surface area (Å²) >= 11 is 0. The summed E-state index contributed by atoms with van der Waals surface area (Å²) in [5, 5.41) is 1.28. The number of benzene rings is 1. The first-order valence-corrected chi connectivity index (χ1v) is 12.4. The number of hydrogen-bond donors (Lipinski definition) is 1. The molecule has 0 radical (unpaired) electrons. The average molecular weight is 450 g/mol. The van der Waals surface area contributed by atoms with Crippen LogP contribution in [0.25, 0.3) is 22.0 Å².